The Balaban J connectivity index is 1.75. The van der Waals surface area contributed by atoms with Gasteiger partial charge in [0, 0.05) is 32.3 Å². The number of nitrogens with zero attached hydrogens (tertiary/aromatic N) is 5. The molecule has 0 aliphatic rings. The first-order valence-corrected chi connectivity index (χ1v) is 9.88. The highest BCUT2D eigenvalue weighted by Crippen LogP contribution is 2.21. The maximum Gasteiger partial charge on any atom is 0.332 e. The summed E-state index contributed by atoms with van der Waals surface area (Å²) in [5.74, 6) is 0.0835. The van der Waals surface area contributed by atoms with Gasteiger partial charge in [0.2, 0.25) is 5.95 Å². The van der Waals surface area contributed by atoms with E-state index in [-0.39, 0.29) is 28.6 Å². The second-order valence-electron chi connectivity index (χ2n) is 7.31. The largest absolute Gasteiger partial charge is 0.508 e. The third-order valence-electron chi connectivity index (χ3n) is 5.20. The van der Waals surface area contributed by atoms with Crippen LogP contribution in [-0.4, -0.2) is 35.1 Å². The third kappa shape index (κ3) is 3.85. The van der Waals surface area contributed by atoms with Crippen molar-refractivity contribution < 1.29 is 10.2 Å². The normalized spacial score (nSPS) is 11.4. The predicted molar refractivity (Wildman–Crippen MR) is 121 cm³/mol. The van der Waals surface area contributed by atoms with E-state index in [1.807, 2.05) is 30.3 Å². The lowest BCUT2D eigenvalue weighted by atomic mass is 10.1. The summed E-state index contributed by atoms with van der Waals surface area (Å²) in [6, 6.07) is 13.9. The van der Waals surface area contributed by atoms with Gasteiger partial charge in [-0.05, 0) is 24.1 Å². The lowest BCUT2D eigenvalue weighted by molar-refractivity contribution is 0.450. The molecule has 0 spiro atoms. The van der Waals surface area contributed by atoms with Gasteiger partial charge in [0.05, 0.1) is 6.21 Å². The van der Waals surface area contributed by atoms with Gasteiger partial charge in [-0.2, -0.15) is 10.1 Å². The standard InChI is InChI=1S/C22H22N6O4/c1-26-19-18(20(31)27(2)22(26)32)28(11-10-14-6-4-3-5-7-14)21(24-19)25-23-13-15-8-9-16(29)12-17(15)30/h3-9,12-13,29-30H,10-11H2,1-2H3,(H,24,25)/b23-13-. The van der Waals surface area contributed by atoms with Crippen LogP contribution in [0.15, 0.2) is 63.2 Å². The number of hydrazone groups is 1. The fourth-order valence-electron chi connectivity index (χ4n) is 3.44. The van der Waals surface area contributed by atoms with Crippen molar-refractivity contribution in [1.29, 1.82) is 0 Å². The molecule has 3 N–H and O–H groups in total. The van der Waals surface area contributed by atoms with Crippen LogP contribution in [0.25, 0.3) is 11.2 Å². The summed E-state index contributed by atoms with van der Waals surface area (Å²) in [6.07, 6.45) is 2.00. The van der Waals surface area contributed by atoms with Gasteiger partial charge in [-0.15, -0.1) is 0 Å². The molecule has 2 aromatic carbocycles. The fourth-order valence-corrected chi connectivity index (χ4v) is 3.44. The zero-order valence-electron chi connectivity index (χ0n) is 17.6. The number of phenolic OH excluding ortho intramolecular Hbond substituents is 2. The number of nitrogens with one attached hydrogen (secondary N) is 1. The van der Waals surface area contributed by atoms with Gasteiger partial charge < -0.3 is 14.8 Å². The van der Waals surface area contributed by atoms with E-state index in [1.165, 1.54) is 36.0 Å². The second kappa shape index (κ2) is 8.42. The number of rotatable bonds is 6. The van der Waals surface area contributed by atoms with E-state index in [9.17, 15) is 19.8 Å². The van der Waals surface area contributed by atoms with Crippen LogP contribution in [0.3, 0.4) is 0 Å². The van der Waals surface area contributed by atoms with Crippen LogP contribution in [0.5, 0.6) is 11.5 Å². The number of aromatic nitrogens is 4. The molecule has 0 amide bonds. The molecule has 10 nitrogen and oxygen atoms in total. The number of aromatic hydroxyl groups is 2. The molecule has 0 unspecified atom stereocenters. The molecule has 0 saturated heterocycles. The SMILES string of the molecule is Cn1c(=O)c2c(nc(N/N=C\c3ccc(O)cc3O)n2CCc2ccccc2)n(C)c1=O. The Labute approximate surface area is 182 Å². The van der Waals surface area contributed by atoms with Crippen molar-refractivity contribution in [3.63, 3.8) is 0 Å². The van der Waals surface area contributed by atoms with Crippen LogP contribution >= 0.6 is 0 Å². The monoisotopic (exact) mass is 434 g/mol. The van der Waals surface area contributed by atoms with Crippen molar-refractivity contribution in [1.82, 2.24) is 18.7 Å². The summed E-state index contributed by atoms with van der Waals surface area (Å²) in [5.41, 5.74) is 3.88. The van der Waals surface area contributed by atoms with E-state index in [4.69, 9.17) is 0 Å². The Hall–Kier alpha value is -4.34. The zero-order chi connectivity index (χ0) is 22.8. The van der Waals surface area contributed by atoms with E-state index in [0.717, 1.165) is 10.1 Å². The maximum absolute atomic E-state index is 12.9. The molecule has 164 valence electrons. The molecule has 4 rings (SSSR count). The minimum Gasteiger partial charge on any atom is -0.508 e. The maximum atomic E-state index is 12.9. The summed E-state index contributed by atoms with van der Waals surface area (Å²) < 4.78 is 4.05. The van der Waals surface area contributed by atoms with Gasteiger partial charge in [0.1, 0.15) is 11.5 Å². The molecule has 0 aliphatic carbocycles. The molecule has 2 aromatic heterocycles. The number of hydrogen-bond acceptors (Lipinski definition) is 7. The first-order valence-electron chi connectivity index (χ1n) is 9.88. The highest BCUT2D eigenvalue weighted by Gasteiger charge is 2.19. The van der Waals surface area contributed by atoms with Crippen LogP contribution in [0.1, 0.15) is 11.1 Å². The molecule has 32 heavy (non-hydrogen) atoms. The number of hydrogen-bond donors (Lipinski definition) is 3. The Morgan fingerprint density at radius 2 is 1.81 bits per heavy atom. The Kier molecular flexibility index (Phi) is 5.50. The first-order chi connectivity index (χ1) is 15.4. The van der Waals surface area contributed by atoms with E-state index < -0.39 is 11.2 Å². The number of fused-ring (bicyclic) bond motifs is 1. The lowest BCUT2D eigenvalue weighted by Gasteiger charge is -2.09. The summed E-state index contributed by atoms with van der Waals surface area (Å²) in [5, 5.41) is 23.5. The molecule has 2 heterocycles. The average molecular weight is 434 g/mol. The van der Waals surface area contributed by atoms with Crippen LogP contribution in [0, 0.1) is 0 Å². The van der Waals surface area contributed by atoms with Crippen LogP contribution < -0.4 is 16.7 Å². The highest BCUT2D eigenvalue weighted by atomic mass is 16.3. The van der Waals surface area contributed by atoms with Gasteiger partial charge in [-0.3, -0.25) is 13.9 Å². The van der Waals surface area contributed by atoms with E-state index >= 15 is 0 Å². The van der Waals surface area contributed by atoms with Gasteiger partial charge in [0.25, 0.3) is 5.56 Å². The molecule has 0 aliphatic heterocycles. The minimum atomic E-state index is -0.473. The van der Waals surface area contributed by atoms with Crippen LogP contribution in [0.4, 0.5) is 5.95 Å². The number of phenols is 2. The zero-order valence-corrected chi connectivity index (χ0v) is 17.6. The molecule has 0 saturated carbocycles. The fraction of sp³-hybridized carbons (Fsp3) is 0.182. The van der Waals surface area contributed by atoms with E-state index in [0.29, 0.717) is 18.5 Å². The average Bonchev–Trinajstić information content (AvgIpc) is 3.15. The number of aryl methyl sites for hydroxylation is 3. The van der Waals surface area contributed by atoms with Crippen molar-refractivity contribution in [2.75, 3.05) is 5.43 Å². The molecule has 0 bridgehead atoms. The van der Waals surface area contributed by atoms with Crippen molar-refractivity contribution in [2.24, 2.45) is 19.2 Å². The smallest absolute Gasteiger partial charge is 0.332 e. The van der Waals surface area contributed by atoms with E-state index in [2.05, 4.69) is 15.5 Å². The van der Waals surface area contributed by atoms with Gasteiger partial charge in [-0.25, -0.2) is 10.2 Å². The quantitative estimate of drug-likeness (QED) is 0.312. The van der Waals surface area contributed by atoms with Crippen molar-refractivity contribution >= 4 is 23.3 Å². The Bertz CT molecular complexity index is 1430. The lowest BCUT2D eigenvalue weighted by Crippen LogP contribution is -2.37. The minimum absolute atomic E-state index is 0.0629. The first kappa shape index (κ1) is 20.9. The van der Waals surface area contributed by atoms with Gasteiger partial charge in [0.15, 0.2) is 11.2 Å². The summed E-state index contributed by atoms with van der Waals surface area (Å²) in [4.78, 5) is 29.7. The molecule has 10 heteroatoms. The molecule has 0 fully saturated rings. The topological polar surface area (TPSA) is 127 Å². The Morgan fingerprint density at radius 1 is 1.06 bits per heavy atom. The van der Waals surface area contributed by atoms with Gasteiger partial charge >= 0.3 is 5.69 Å². The summed E-state index contributed by atoms with van der Waals surface area (Å²) in [7, 11) is 2.98. The van der Waals surface area contributed by atoms with Crippen LogP contribution in [-0.2, 0) is 27.1 Å². The van der Waals surface area contributed by atoms with Crippen molar-refractivity contribution in [3.05, 3.63) is 80.5 Å². The third-order valence-corrected chi connectivity index (χ3v) is 5.20. The molecule has 0 radical (unpaired) electrons. The molecule has 4 aromatic rings. The second-order valence-corrected chi connectivity index (χ2v) is 7.31. The van der Waals surface area contributed by atoms with E-state index in [1.54, 1.807) is 11.6 Å². The summed E-state index contributed by atoms with van der Waals surface area (Å²) in [6.45, 7) is 0.427. The molecular formula is C22H22N6O4. The Morgan fingerprint density at radius 3 is 2.53 bits per heavy atom. The number of imidazole rings is 1. The van der Waals surface area contributed by atoms with Crippen molar-refractivity contribution in [3.8, 4) is 11.5 Å². The van der Waals surface area contributed by atoms with Crippen LogP contribution in [0.2, 0.25) is 0 Å². The number of anilines is 1. The van der Waals surface area contributed by atoms with Crippen molar-refractivity contribution in [2.45, 2.75) is 13.0 Å². The molecule has 0 atom stereocenters. The summed E-state index contributed by atoms with van der Waals surface area (Å²) >= 11 is 0. The molecular weight excluding hydrogens is 412 g/mol. The van der Waals surface area contributed by atoms with Gasteiger partial charge in [-0.1, -0.05) is 30.3 Å². The predicted octanol–water partition coefficient (Wildman–Crippen LogP) is 1.53. The number of benzene rings is 2. The highest BCUT2D eigenvalue weighted by molar-refractivity contribution is 5.84.